The molecule has 46 valence electrons. The highest BCUT2D eigenvalue weighted by molar-refractivity contribution is 7.84. The molecule has 0 spiro atoms. The summed E-state index contributed by atoms with van der Waals surface area (Å²) >= 11 is 4.19. The molecule has 2 N–H and O–H groups in total. The molecule has 0 heterocycles. The fourth-order valence-electron chi connectivity index (χ4n) is 0.887. The van der Waals surface area contributed by atoms with Crippen molar-refractivity contribution in [1.82, 2.24) is 0 Å². The van der Waals surface area contributed by atoms with Crippen LogP contribution in [0.3, 0.4) is 0 Å². The molecule has 1 nitrogen and oxygen atoms in total. The summed E-state index contributed by atoms with van der Waals surface area (Å²) in [6, 6.07) is 0.229. The average Bonchev–Trinajstić information content (AvgIpc) is 1.77. The number of nitrogens with two attached hydrogens (primary N) is 1. The Morgan fingerprint density at radius 3 is 2.88 bits per heavy atom. The second kappa shape index (κ2) is 2.55. The molecule has 1 aliphatic rings. The molecule has 0 aliphatic heterocycles. The van der Waals surface area contributed by atoms with Gasteiger partial charge in [-0.25, -0.2) is 0 Å². The van der Waals surface area contributed by atoms with Gasteiger partial charge in [0.1, 0.15) is 0 Å². The summed E-state index contributed by atoms with van der Waals surface area (Å²) in [5, 5.41) is 0. The number of hydrogen-bond acceptors (Lipinski definition) is 2. The normalized spacial score (nSPS) is 29.8. The van der Waals surface area contributed by atoms with E-state index in [-0.39, 0.29) is 6.04 Å². The Labute approximate surface area is 55.4 Å². The Morgan fingerprint density at radius 1 is 1.75 bits per heavy atom. The molecule has 0 saturated heterocycles. The monoisotopic (exact) mass is 129 g/mol. The van der Waals surface area contributed by atoms with E-state index in [1.807, 2.05) is 0 Å². The van der Waals surface area contributed by atoms with Crippen molar-refractivity contribution in [2.45, 2.75) is 25.3 Å². The topological polar surface area (TPSA) is 26.0 Å². The van der Waals surface area contributed by atoms with Crippen molar-refractivity contribution in [3.8, 4) is 0 Å². The van der Waals surface area contributed by atoms with Gasteiger partial charge in [-0.1, -0.05) is 6.08 Å². The van der Waals surface area contributed by atoms with Crippen molar-refractivity contribution >= 4 is 12.6 Å². The number of allylic oxidation sites excluding steroid dienone is 1. The average molecular weight is 129 g/mol. The smallest absolute Gasteiger partial charge is 0.0349 e. The molecule has 8 heavy (non-hydrogen) atoms. The van der Waals surface area contributed by atoms with E-state index in [4.69, 9.17) is 5.73 Å². The fourth-order valence-corrected chi connectivity index (χ4v) is 1.15. The molecule has 0 aromatic carbocycles. The molecule has 2 heteroatoms. The maximum absolute atomic E-state index is 5.63. The van der Waals surface area contributed by atoms with E-state index in [1.165, 1.54) is 6.42 Å². The van der Waals surface area contributed by atoms with Gasteiger partial charge in [0.2, 0.25) is 0 Å². The van der Waals surface area contributed by atoms with Crippen molar-refractivity contribution in [2.75, 3.05) is 0 Å². The first-order valence-electron chi connectivity index (χ1n) is 2.95. The molecule has 0 aromatic heterocycles. The molecule has 0 fully saturated rings. The summed E-state index contributed by atoms with van der Waals surface area (Å²) in [6.45, 7) is 0. The molecule has 0 amide bonds. The summed E-state index contributed by atoms with van der Waals surface area (Å²) in [4.78, 5) is 1.07. The molecule has 0 saturated carbocycles. The van der Waals surface area contributed by atoms with Crippen molar-refractivity contribution in [3.63, 3.8) is 0 Å². The molecule has 0 radical (unpaired) electrons. The molecular weight excluding hydrogens is 118 g/mol. The van der Waals surface area contributed by atoms with Crippen LogP contribution in [0.15, 0.2) is 11.0 Å². The van der Waals surface area contributed by atoms with Crippen LogP contribution in [0.1, 0.15) is 19.3 Å². The first-order valence-corrected chi connectivity index (χ1v) is 3.40. The minimum absolute atomic E-state index is 0.229. The van der Waals surface area contributed by atoms with Crippen LogP contribution in [-0.2, 0) is 0 Å². The van der Waals surface area contributed by atoms with Gasteiger partial charge in [-0.05, 0) is 24.2 Å². The lowest BCUT2D eigenvalue weighted by atomic mass is 10.0. The summed E-state index contributed by atoms with van der Waals surface area (Å²) in [7, 11) is 0. The van der Waals surface area contributed by atoms with E-state index in [2.05, 4.69) is 18.7 Å². The van der Waals surface area contributed by atoms with Crippen molar-refractivity contribution < 1.29 is 0 Å². The third-order valence-electron chi connectivity index (χ3n) is 1.45. The highest BCUT2D eigenvalue weighted by Gasteiger charge is 2.08. The van der Waals surface area contributed by atoms with Gasteiger partial charge in [0.15, 0.2) is 0 Å². The number of hydrogen-bond donors (Lipinski definition) is 2. The number of rotatable bonds is 0. The molecular formula is C6H11NS. The molecule has 1 atom stereocenters. The van der Waals surface area contributed by atoms with Gasteiger partial charge >= 0.3 is 0 Å². The fraction of sp³-hybridized carbons (Fsp3) is 0.667. The Morgan fingerprint density at radius 2 is 2.50 bits per heavy atom. The SMILES string of the molecule is NC1CCCC=C1S. The van der Waals surface area contributed by atoms with Crippen LogP contribution in [0.25, 0.3) is 0 Å². The van der Waals surface area contributed by atoms with Crippen LogP contribution in [0, 0.1) is 0 Å². The van der Waals surface area contributed by atoms with Crippen LogP contribution in [-0.4, -0.2) is 6.04 Å². The van der Waals surface area contributed by atoms with Crippen LogP contribution < -0.4 is 5.73 Å². The second-order valence-corrected chi connectivity index (χ2v) is 2.68. The predicted molar refractivity (Wildman–Crippen MR) is 38.9 cm³/mol. The quantitative estimate of drug-likeness (QED) is 0.474. The zero-order valence-electron chi connectivity index (χ0n) is 4.80. The van der Waals surface area contributed by atoms with Gasteiger partial charge in [-0.15, -0.1) is 12.6 Å². The van der Waals surface area contributed by atoms with E-state index >= 15 is 0 Å². The van der Waals surface area contributed by atoms with E-state index in [1.54, 1.807) is 0 Å². The lowest BCUT2D eigenvalue weighted by molar-refractivity contribution is 0.638. The maximum atomic E-state index is 5.63. The molecule has 0 bridgehead atoms. The molecule has 1 rings (SSSR count). The Kier molecular flexibility index (Phi) is 1.97. The van der Waals surface area contributed by atoms with E-state index in [0.717, 1.165) is 17.7 Å². The van der Waals surface area contributed by atoms with Gasteiger partial charge in [0, 0.05) is 6.04 Å². The first kappa shape index (κ1) is 6.17. The minimum atomic E-state index is 0.229. The van der Waals surface area contributed by atoms with Gasteiger partial charge in [0.05, 0.1) is 0 Å². The minimum Gasteiger partial charge on any atom is -0.324 e. The summed E-state index contributed by atoms with van der Waals surface area (Å²) < 4.78 is 0. The standard InChI is InChI=1S/C6H11NS/c7-5-3-1-2-4-6(5)8/h4-5,8H,1-3,7H2. The van der Waals surface area contributed by atoms with Crippen molar-refractivity contribution in [3.05, 3.63) is 11.0 Å². The summed E-state index contributed by atoms with van der Waals surface area (Å²) in [5.74, 6) is 0. The van der Waals surface area contributed by atoms with Crippen LogP contribution in [0.2, 0.25) is 0 Å². The Balaban J connectivity index is 2.53. The van der Waals surface area contributed by atoms with Gasteiger partial charge in [-0.3, -0.25) is 0 Å². The Hall–Kier alpha value is 0.0500. The van der Waals surface area contributed by atoms with E-state index < -0.39 is 0 Å². The predicted octanol–water partition coefficient (Wildman–Crippen LogP) is 1.31. The zero-order chi connectivity index (χ0) is 5.98. The second-order valence-electron chi connectivity index (χ2n) is 2.17. The molecule has 0 aromatic rings. The molecule has 1 aliphatic carbocycles. The maximum Gasteiger partial charge on any atom is 0.0349 e. The summed E-state index contributed by atoms with van der Waals surface area (Å²) in [6.07, 6.45) is 5.60. The van der Waals surface area contributed by atoms with Crippen molar-refractivity contribution in [1.29, 1.82) is 0 Å². The highest BCUT2D eigenvalue weighted by atomic mass is 32.1. The zero-order valence-corrected chi connectivity index (χ0v) is 5.70. The largest absolute Gasteiger partial charge is 0.324 e. The lowest BCUT2D eigenvalue weighted by Gasteiger charge is -2.15. The van der Waals surface area contributed by atoms with Crippen LogP contribution >= 0.6 is 12.6 Å². The highest BCUT2D eigenvalue weighted by Crippen LogP contribution is 2.18. The van der Waals surface area contributed by atoms with Gasteiger partial charge < -0.3 is 5.73 Å². The Bertz CT molecular complexity index is 109. The van der Waals surface area contributed by atoms with Gasteiger partial charge in [-0.2, -0.15) is 0 Å². The van der Waals surface area contributed by atoms with Crippen molar-refractivity contribution in [2.24, 2.45) is 5.73 Å². The lowest BCUT2D eigenvalue weighted by Crippen LogP contribution is -2.22. The number of thiol groups is 1. The van der Waals surface area contributed by atoms with Gasteiger partial charge in [0.25, 0.3) is 0 Å². The van der Waals surface area contributed by atoms with Crippen LogP contribution in [0.5, 0.6) is 0 Å². The van der Waals surface area contributed by atoms with E-state index in [0.29, 0.717) is 0 Å². The third-order valence-corrected chi connectivity index (χ3v) is 1.97. The van der Waals surface area contributed by atoms with Crippen LogP contribution in [0.4, 0.5) is 0 Å². The third kappa shape index (κ3) is 1.26. The first-order chi connectivity index (χ1) is 3.80. The summed E-state index contributed by atoms with van der Waals surface area (Å²) in [5.41, 5.74) is 5.63. The van der Waals surface area contributed by atoms with E-state index in [9.17, 15) is 0 Å². The molecule has 1 unspecified atom stereocenters.